The van der Waals surface area contributed by atoms with Crippen molar-refractivity contribution in [2.45, 2.75) is 18.7 Å². The van der Waals surface area contributed by atoms with Crippen LogP contribution in [0.2, 0.25) is 0 Å². The molecule has 28 heavy (non-hydrogen) atoms. The van der Waals surface area contributed by atoms with E-state index >= 15 is 0 Å². The minimum Gasteiger partial charge on any atom is -0.492 e. The summed E-state index contributed by atoms with van der Waals surface area (Å²) in [6.07, 6.45) is 0. The first-order chi connectivity index (χ1) is 13.1. The molecule has 1 aromatic rings. The molecule has 1 aromatic carbocycles. The Hall–Kier alpha value is -1.69. The molecule has 3 rings (SSSR count). The molecule has 1 unspecified atom stereocenters. The minimum atomic E-state index is -3.91. The topological polar surface area (TPSA) is 104 Å². The van der Waals surface area contributed by atoms with Crippen LogP contribution >= 0.6 is 0 Å². The quantitative estimate of drug-likeness (QED) is 0.662. The molecule has 0 N–H and O–H groups in total. The van der Waals surface area contributed by atoms with Gasteiger partial charge in [0.15, 0.2) is 0 Å². The molecule has 0 radical (unpaired) electrons. The molecule has 0 bridgehead atoms. The summed E-state index contributed by atoms with van der Waals surface area (Å²) < 4.78 is 58.8. The summed E-state index contributed by atoms with van der Waals surface area (Å²) in [5.41, 5.74) is 0.0190. The molecule has 1 amide bonds. The number of benzene rings is 1. The van der Waals surface area contributed by atoms with Crippen LogP contribution in [0.1, 0.15) is 13.8 Å². The Bertz CT molecular complexity index is 969. The summed E-state index contributed by atoms with van der Waals surface area (Å²) in [5, 5.41) is 0. The highest BCUT2D eigenvalue weighted by Gasteiger charge is 2.42. The molecule has 0 aromatic heterocycles. The van der Waals surface area contributed by atoms with Crippen LogP contribution in [0.4, 0.5) is 5.69 Å². The normalized spacial score (nSPS) is 23.9. The lowest BCUT2D eigenvalue weighted by atomic mass is 10.2. The van der Waals surface area contributed by atoms with Gasteiger partial charge < -0.3 is 9.64 Å². The van der Waals surface area contributed by atoms with Crippen LogP contribution in [0, 0.1) is 5.92 Å². The predicted octanol–water partition coefficient (Wildman–Crippen LogP) is 0.334. The Labute approximate surface area is 166 Å². The van der Waals surface area contributed by atoms with E-state index in [9.17, 15) is 21.6 Å². The molecule has 0 saturated carbocycles. The SMILES string of the molecule is CCOc1ccc(N2C(=O)C(C)CS2(=O)=O)cc1S(=O)(=O)N1CCN(C)CC1. The summed E-state index contributed by atoms with van der Waals surface area (Å²) in [7, 11) is -5.82. The number of likely N-dealkylation sites (N-methyl/N-ethyl adjacent to an activating group) is 1. The summed E-state index contributed by atoms with van der Waals surface area (Å²) in [5.74, 6) is -1.39. The maximum atomic E-state index is 13.2. The molecule has 1 atom stereocenters. The third-order valence-corrected chi connectivity index (χ3v) is 8.69. The van der Waals surface area contributed by atoms with Crippen LogP contribution < -0.4 is 9.04 Å². The van der Waals surface area contributed by atoms with Gasteiger partial charge in [0.1, 0.15) is 10.6 Å². The van der Waals surface area contributed by atoms with E-state index in [0.717, 1.165) is 0 Å². The lowest BCUT2D eigenvalue weighted by Crippen LogP contribution is -2.47. The van der Waals surface area contributed by atoms with Gasteiger partial charge in [-0.3, -0.25) is 4.79 Å². The fourth-order valence-electron chi connectivity index (χ4n) is 3.35. The molecule has 11 heteroatoms. The van der Waals surface area contributed by atoms with Crippen molar-refractivity contribution >= 4 is 31.6 Å². The zero-order valence-corrected chi connectivity index (χ0v) is 17.8. The Balaban J connectivity index is 2.07. The van der Waals surface area contributed by atoms with Gasteiger partial charge in [0.25, 0.3) is 0 Å². The number of rotatable bonds is 5. The van der Waals surface area contributed by atoms with Gasteiger partial charge in [-0.05, 0) is 32.2 Å². The largest absolute Gasteiger partial charge is 0.492 e. The molecule has 2 aliphatic heterocycles. The molecule has 2 aliphatic rings. The zero-order chi connectivity index (χ0) is 20.7. The maximum Gasteiger partial charge on any atom is 0.246 e. The van der Waals surface area contributed by atoms with Gasteiger partial charge in [0, 0.05) is 26.2 Å². The lowest BCUT2D eigenvalue weighted by molar-refractivity contribution is -0.119. The van der Waals surface area contributed by atoms with Gasteiger partial charge in [-0.1, -0.05) is 6.92 Å². The van der Waals surface area contributed by atoms with Crippen molar-refractivity contribution in [3.63, 3.8) is 0 Å². The third-order valence-electron chi connectivity index (χ3n) is 4.90. The standard InChI is InChI=1S/C17H25N3O6S2/c1-4-26-15-6-5-14(20-17(21)13(2)12-27(20,22)23)11-16(15)28(24,25)19-9-7-18(3)8-10-19/h5-6,11,13H,4,7-10,12H2,1-3H3. The van der Waals surface area contributed by atoms with Gasteiger partial charge >= 0.3 is 0 Å². The van der Waals surface area contributed by atoms with Gasteiger partial charge in [0.2, 0.25) is 26.0 Å². The third kappa shape index (κ3) is 3.76. The summed E-state index contributed by atoms with van der Waals surface area (Å²) >= 11 is 0. The molecular weight excluding hydrogens is 406 g/mol. The van der Waals surface area contributed by atoms with E-state index in [1.165, 1.54) is 29.4 Å². The van der Waals surface area contributed by atoms with E-state index in [4.69, 9.17) is 4.74 Å². The second kappa shape index (κ2) is 7.62. The van der Waals surface area contributed by atoms with Gasteiger partial charge in [0.05, 0.1) is 24.0 Å². The first-order valence-electron chi connectivity index (χ1n) is 9.10. The van der Waals surface area contributed by atoms with Crippen molar-refractivity contribution < 1.29 is 26.4 Å². The Kier molecular flexibility index (Phi) is 5.72. The highest BCUT2D eigenvalue weighted by atomic mass is 32.2. The number of hydrogen-bond donors (Lipinski definition) is 0. The highest BCUT2D eigenvalue weighted by molar-refractivity contribution is 7.94. The van der Waals surface area contributed by atoms with Gasteiger partial charge in [-0.25, -0.2) is 21.1 Å². The number of carbonyl (C=O) groups excluding carboxylic acids is 1. The second-order valence-electron chi connectivity index (χ2n) is 7.05. The van der Waals surface area contributed by atoms with E-state index in [1.807, 2.05) is 11.9 Å². The smallest absolute Gasteiger partial charge is 0.246 e. The predicted molar refractivity (Wildman–Crippen MR) is 104 cm³/mol. The Morgan fingerprint density at radius 1 is 1.18 bits per heavy atom. The lowest BCUT2D eigenvalue weighted by Gasteiger charge is -2.32. The van der Waals surface area contributed by atoms with Crippen molar-refractivity contribution in [2.24, 2.45) is 5.92 Å². The van der Waals surface area contributed by atoms with Crippen LogP contribution in [0.3, 0.4) is 0 Å². The number of hydrogen-bond acceptors (Lipinski definition) is 7. The van der Waals surface area contributed by atoms with E-state index < -0.39 is 31.9 Å². The van der Waals surface area contributed by atoms with E-state index in [1.54, 1.807) is 6.92 Å². The summed E-state index contributed by atoms with van der Waals surface area (Å²) in [4.78, 5) is 14.3. The van der Waals surface area contributed by atoms with Crippen LogP contribution in [0.5, 0.6) is 5.75 Å². The number of carbonyl (C=O) groups is 1. The summed E-state index contributed by atoms with van der Waals surface area (Å²) in [6, 6.07) is 4.04. The average molecular weight is 432 g/mol. The number of amides is 1. The molecule has 2 fully saturated rings. The molecule has 156 valence electrons. The minimum absolute atomic E-state index is 0.0190. The van der Waals surface area contributed by atoms with Gasteiger partial charge in [-0.15, -0.1) is 0 Å². The molecule has 2 saturated heterocycles. The van der Waals surface area contributed by atoms with E-state index in [2.05, 4.69) is 0 Å². The Morgan fingerprint density at radius 3 is 2.36 bits per heavy atom. The number of anilines is 1. The second-order valence-corrected chi connectivity index (χ2v) is 10.8. The van der Waals surface area contributed by atoms with E-state index in [0.29, 0.717) is 30.5 Å². The van der Waals surface area contributed by atoms with Crippen molar-refractivity contribution in [2.75, 3.05) is 49.9 Å². The van der Waals surface area contributed by atoms with Crippen molar-refractivity contribution in [1.29, 1.82) is 0 Å². The summed E-state index contributed by atoms with van der Waals surface area (Å²) in [6.45, 7) is 5.37. The fraction of sp³-hybridized carbons (Fsp3) is 0.588. The fourth-order valence-corrected chi connectivity index (χ4v) is 6.74. The van der Waals surface area contributed by atoms with Gasteiger partial charge in [-0.2, -0.15) is 4.31 Å². The number of sulfonamides is 2. The van der Waals surface area contributed by atoms with E-state index in [-0.39, 0.29) is 28.7 Å². The van der Waals surface area contributed by atoms with Crippen molar-refractivity contribution in [3.8, 4) is 5.75 Å². The Morgan fingerprint density at radius 2 is 1.82 bits per heavy atom. The number of piperazine rings is 1. The van der Waals surface area contributed by atoms with Crippen molar-refractivity contribution in [1.82, 2.24) is 9.21 Å². The first-order valence-corrected chi connectivity index (χ1v) is 12.1. The average Bonchev–Trinajstić information content (AvgIpc) is 2.83. The number of ether oxygens (including phenoxy) is 1. The molecule has 9 nitrogen and oxygen atoms in total. The molecule has 0 spiro atoms. The van der Waals surface area contributed by atoms with Crippen LogP contribution in [0.15, 0.2) is 23.1 Å². The highest BCUT2D eigenvalue weighted by Crippen LogP contribution is 2.35. The molecule has 0 aliphatic carbocycles. The van der Waals surface area contributed by atoms with Crippen LogP contribution in [0.25, 0.3) is 0 Å². The molecule has 2 heterocycles. The maximum absolute atomic E-state index is 13.2. The first kappa shape index (κ1) is 21.0. The monoisotopic (exact) mass is 431 g/mol. The van der Waals surface area contributed by atoms with Crippen LogP contribution in [-0.4, -0.2) is 77.5 Å². The molecular formula is C17H25N3O6S2. The van der Waals surface area contributed by atoms with Crippen molar-refractivity contribution in [3.05, 3.63) is 18.2 Å². The van der Waals surface area contributed by atoms with Crippen LogP contribution in [-0.2, 0) is 24.8 Å². The zero-order valence-electron chi connectivity index (χ0n) is 16.2. The number of nitrogens with zero attached hydrogens (tertiary/aromatic N) is 3.